The van der Waals surface area contributed by atoms with Crippen LogP contribution in [0.4, 0.5) is 8.78 Å². The lowest BCUT2D eigenvalue weighted by molar-refractivity contribution is -0.122. The second kappa shape index (κ2) is 12.7. The lowest BCUT2D eigenvalue weighted by atomic mass is 9.86. The molecule has 1 N–H and O–H groups in total. The van der Waals surface area contributed by atoms with Crippen molar-refractivity contribution in [1.29, 1.82) is 0 Å². The molecule has 2 rings (SSSR count). The third-order valence-electron chi connectivity index (χ3n) is 5.54. The second-order valence-corrected chi connectivity index (χ2v) is 7.58. The van der Waals surface area contributed by atoms with Crippen LogP contribution in [0.5, 0.6) is 0 Å². The van der Waals surface area contributed by atoms with E-state index in [0.29, 0.717) is 56.3 Å². The molecule has 1 amide bonds. The zero-order valence-electron chi connectivity index (χ0n) is 18.1. The summed E-state index contributed by atoms with van der Waals surface area (Å²) in [7, 11) is 1.39. The number of hydrogen-bond donors (Lipinski definition) is 1. The Kier molecular flexibility index (Phi) is 10.0. The first-order valence-corrected chi connectivity index (χ1v) is 10.4. The maximum Gasteiger partial charge on any atom is 0.227 e. The maximum absolute atomic E-state index is 14.9. The average Bonchev–Trinajstić information content (AvgIpc) is 2.80. The fraction of sp³-hybridized carbons (Fsp3) is 0.435. The monoisotopic (exact) mass is 446 g/mol. The summed E-state index contributed by atoms with van der Waals surface area (Å²) < 4.78 is 29.7. The second-order valence-electron chi connectivity index (χ2n) is 7.58. The number of hydrogen-bond acceptors (Lipinski definition) is 6. The van der Waals surface area contributed by atoms with Gasteiger partial charge >= 0.3 is 0 Å². The topological polar surface area (TPSA) is 91.2 Å². The summed E-state index contributed by atoms with van der Waals surface area (Å²) in [6.07, 6.45) is 5.50. The lowest BCUT2D eigenvalue weighted by Gasteiger charge is -2.31. The standard InChI is InChI=1S/C23H28F2N4O3/c1-26-12-16(14-31)13-28-15-29-7-5-17(6-8-29)18-10-20(24)22(21(25)11-18)19(4-3-9-30)23(32)27-2/h9-14,17,19H,1,3-8,15H2,2H3,(H,27,32)/b16-12+,28-13-. The Morgan fingerprint density at radius 3 is 2.47 bits per heavy atom. The molecule has 1 aliphatic heterocycles. The molecule has 1 unspecified atom stereocenters. The van der Waals surface area contributed by atoms with Crippen LogP contribution in [0.15, 0.2) is 33.9 Å². The molecule has 0 bridgehead atoms. The van der Waals surface area contributed by atoms with Gasteiger partial charge in [-0.2, -0.15) is 0 Å². The molecule has 1 heterocycles. The van der Waals surface area contributed by atoms with E-state index in [9.17, 15) is 23.2 Å². The van der Waals surface area contributed by atoms with Crippen LogP contribution in [0.25, 0.3) is 0 Å². The molecule has 1 aromatic carbocycles. The maximum atomic E-state index is 14.9. The van der Waals surface area contributed by atoms with Crippen LogP contribution < -0.4 is 5.32 Å². The highest BCUT2D eigenvalue weighted by Gasteiger charge is 2.28. The van der Waals surface area contributed by atoms with Crippen LogP contribution in [0.1, 0.15) is 48.6 Å². The van der Waals surface area contributed by atoms with E-state index in [2.05, 4.69) is 26.9 Å². The van der Waals surface area contributed by atoms with Crippen LogP contribution in [-0.2, 0) is 14.4 Å². The molecule has 1 atom stereocenters. The molecule has 172 valence electrons. The molecule has 1 aliphatic rings. The van der Waals surface area contributed by atoms with Gasteiger partial charge in [0.1, 0.15) is 17.9 Å². The Balaban J connectivity index is 2.06. The number of aldehydes is 2. The Morgan fingerprint density at radius 2 is 1.94 bits per heavy atom. The summed E-state index contributed by atoms with van der Waals surface area (Å²) in [5.41, 5.74) is 0.583. The number of aliphatic imine (C=N–C) groups is 2. The van der Waals surface area contributed by atoms with Gasteiger partial charge < -0.3 is 10.1 Å². The van der Waals surface area contributed by atoms with Gasteiger partial charge in [0.15, 0.2) is 6.29 Å². The quantitative estimate of drug-likeness (QED) is 0.322. The van der Waals surface area contributed by atoms with E-state index in [4.69, 9.17) is 0 Å². The van der Waals surface area contributed by atoms with E-state index in [1.165, 1.54) is 31.6 Å². The fourth-order valence-corrected chi connectivity index (χ4v) is 3.86. The van der Waals surface area contributed by atoms with Crippen LogP contribution in [-0.4, -0.2) is 63.1 Å². The third-order valence-corrected chi connectivity index (χ3v) is 5.54. The molecule has 0 spiro atoms. The van der Waals surface area contributed by atoms with Gasteiger partial charge in [-0.25, -0.2) is 8.78 Å². The molecule has 0 saturated carbocycles. The molecular weight excluding hydrogens is 418 g/mol. The highest BCUT2D eigenvalue weighted by Crippen LogP contribution is 2.33. The smallest absolute Gasteiger partial charge is 0.227 e. The fourth-order valence-electron chi connectivity index (χ4n) is 3.86. The van der Waals surface area contributed by atoms with Crippen LogP contribution in [0.2, 0.25) is 0 Å². The van der Waals surface area contributed by atoms with Crippen molar-refractivity contribution >= 4 is 31.4 Å². The Bertz CT molecular complexity index is 870. The SMILES string of the molecule is C=N/C=C(C=O)\C=N/CN1CCC(c2cc(F)c(C(CCC=O)C(=O)NC)c(F)c2)CC1. The van der Waals surface area contributed by atoms with E-state index in [1.54, 1.807) is 0 Å². The van der Waals surface area contributed by atoms with Gasteiger partial charge in [-0.05, 0) is 49.6 Å². The van der Waals surface area contributed by atoms with Gasteiger partial charge in [-0.3, -0.25) is 24.5 Å². The van der Waals surface area contributed by atoms with Crippen molar-refractivity contribution in [2.45, 2.75) is 37.5 Å². The van der Waals surface area contributed by atoms with Gasteiger partial charge in [0, 0.05) is 44.5 Å². The van der Waals surface area contributed by atoms with Gasteiger partial charge in [-0.15, -0.1) is 0 Å². The minimum atomic E-state index is -1.06. The van der Waals surface area contributed by atoms with Crippen LogP contribution >= 0.6 is 0 Å². The summed E-state index contributed by atoms with van der Waals surface area (Å²) in [5, 5.41) is 2.41. The zero-order chi connectivity index (χ0) is 23.5. The number of piperidine rings is 1. The number of amides is 1. The Hall–Kier alpha value is -3.07. The minimum Gasteiger partial charge on any atom is -0.359 e. The van der Waals surface area contributed by atoms with Crippen molar-refractivity contribution in [2.24, 2.45) is 9.98 Å². The Morgan fingerprint density at radius 1 is 1.28 bits per heavy atom. The minimum absolute atomic E-state index is 0.0166. The molecule has 1 fully saturated rings. The number of likely N-dealkylation sites (N-methyl/N-ethyl adjacent to an activating group) is 1. The number of rotatable bonds is 11. The predicted molar refractivity (Wildman–Crippen MR) is 119 cm³/mol. The van der Waals surface area contributed by atoms with Crippen molar-refractivity contribution in [3.63, 3.8) is 0 Å². The van der Waals surface area contributed by atoms with E-state index in [0.717, 1.165) is 0 Å². The number of benzene rings is 1. The number of halogens is 2. The first kappa shape index (κ1) is 25.2. The summed E-state index contributed by atoms with van der Waals surface area (Å²) in [6.45, 7) is 5.07. The molecule has 32 heavy (non-hydrogen) atoms. The molecule has 0 aliphatic carbocycles. The van der Waals surface area contributed by atoms with Crippen molar-refractivity contribution in [1.82, 2.24) is 10.2 Å². The molecule has 0 radical (unpaired) electrons. The number of likely N-dealkylation sites (tertiary alicyclic amines) is 1. The van der Waals surface area contributed by atoms with Crippen LogP contribution in [0.3, 0.4) is 0 Å². The van der Waals surface area contributed by atoms with Gasteiger partial charge in [0.25, 0.3) is 0 Å². The molecular formula is C23H28F2N4O3. The van der Waals surface area contributed by atoms with Gasteiger partial charge in [-0.1, -0.05) is 0 Å². The largest absolute Gasteiger partial charge is 0.359 e. The first-order chi connectivity index (χ1) is 15.4. The zero-order valence-corrected chi connectivity index (χ0v) is 18.1. The van der Waals surface area contributed by atoms with Crippen molar-refractivity contribution in [3.05, 3.63) is 46.7 Å². The van der Waals surface area contributed by atoms with Gasteiger partial charge in [0.05, 0.1) is 18.2 Å². The average molecular weight is 446 g/mol. The third kappa shape index (κ3) is 6.71. The number of carbonyl (C=O) groups excluding carboxylic acids is 3. The van der Waals surface area contributed by atoms with E-state index >= 15 is 0 Å². The summed E-state index contributed by atoms with van der Waals surface area (Å²) in [4.78, 5) is 43.5. The van der Waals surface area contributed by atoms with Crippen molar-refractivity contribution in [3.8, 4) is 0 Å². The van der Waals surface area contributed by atoms with E-state index in [1.807, 2.05) is 0 Å². The van der Waals surface area contributed by atoms with E-state index in [-0.39, 0.29) is 24.3 Å². The van der Waals surface area contributed by atoms with Crippen molar-refractivity contribution < 1.29 is 23.2 Å². The highest BCUT2D eigenvalue weighted by molar-refractivity contribution is 6.01. The predicted octanol–water partition coefficient (Wildman–Crippen LogP) is 2.76. The highest BCUT2D eigenvalue weighted by atomic mass is 19.1. The molecule has 0 aromatic heterocycles. The van der Waals surface area contributed by atoms with Crippen molar-refractivity contribution in [2.75, 3.05) is 26.8 Å². The van der Waals surface area contributed by atoms with E-state index < -0.39 is 23.5 Å². The molecule has 1 saturated heterocycles. The number of nitrogens with one attached hydrogen (secondary N) is 1. The van der Waals surface area contributed by atoms with Gasteiger partial charge in [0.2, 0.25) is 5.91 Å². The summed E-state index contributed by atoms with van der Waals surface area (Å²) in [5.74, 6) is -3.13. The molecule has 7 nitrogen and oxygen atoms in total. The summed E-state index contributed by atoms with van der Waals surface area (Å²) in [6, 6.07) is 2.61. The molecule has 9 heteroatoms. The first-order valence-electron chi connectivity index (χ1n) is 10.4. The number of carbonyl (C=O) groups is 3. The Labute approximate surface area is 186 Å². The molecule has 1 aromatic rings. The lowest BCUT2D eigenvalue weighted by Crippen LogP contribution is -2.33. The normalized spacial score (nSPS) is 16.7. The number of allylic oxidation sites excluding steroid dienone is 1. The number of nitrogens with zero attached hydrogens (tertiary/aromatic N) is 3. The van der Waals surface area contributed by atoms with Crippen LogP contribution in [0, 0.1) is 11.6 Å². The summed E-state index contributed by atoms with van der Waals surface area (Å²) >= 11 is 0.